The fraction of sp³-hybridized carbons (Fsp3) is 0.174. The number of fused-ring (bicyclic) bond motifs is 1. The molecule has 1 saturated heterocycles. The minimum absolute atomic E-state index is 0.205. The predicted molar refractivity (Wildman–Crippen MR) is 116 cm³/mol. The lowest BCUT2D eigenvalue weighted by Crippen LogP contribution is -2.25. The van der Waals surface area contributed by atoms with Crippen molar-refractivity contribution in [2.24, 2.45) is 0 Å². The summed E-state index contributed by atoms with van der Waals surface area (Å²) in [4.78, 5) is 27.5. The Kier molecular flexibility index (Phi) is 5.07. The number of rotatable bonds is 5. The molecular weight excluding hydrogens is 435 g/mol. The van der Waals surface area contributed by atoms with E-state index in [1.807, 2.05) is 12.1 Å². The maximum absolute atomic E-state index is 13.5. The molecule has 4 aromatic rings. The van der Waals surface area contributed by atoms with Gasteiger partial charge in [0.1, 0.15) is 28.6 Å². The number of hydrogen-bond acceptors (Lipinski definition) is 7. The van der Waals surface area contributed by atoms with Gasteiger partial charge < -0.3 is 13.9 Å². The van der Waals surface area contributed by atoms with E-state index in [1.165, 1.54) is 12.1 Å². The van der Waals surface area contributed by atoms with Gasteiger partial charge in [0.2, 0.25) is 11.8 Å². The molecule has 2 aromatic carbocycles. The van der Waals surface area contributed by atoms with Crippen LogP contribution < -0.4 is 5.32 Å². The first-order chi connectivity index (χ1) is 15.4. The Hall–Kier alpha value is -3.43. The maximum atomic E-state index is 13.5. The molecule has 0 spiro atoms. The van der Waals surface area contributed by atoms with Crippen LogP contribution in [0.1, 0.15) is 28.9 Å². The standard InChI is InChI=1S/C23H17FN2O5S/c1-11-19(25-22(30-11)13-3-2-4-15(24)9-13)20(27)17-10-14-7-12(5-6-16(14)31-17)8-18-21(28)26-23(29)32-18/h2-7,9-10,18,20,27H,8H2,1H3,(H,26,28,29). The molecule has 7 nitrogen and oxygen atoms in total. The van der Waals surface area contributed by atoms with E-state index in [-0.39, 0.29) is 28.5 Å². The Morgan fingerprint density at radius 1 is 1.19 bits per heavy atom. The topological polar surface area (TPSA) is 106 Å². The smallest absolute Gasteiger partial charge is 0.286 e. The van der Waals surface area contributed by atoms with Gasteiger partial charge in [-0.25, -0.2) is 9.37 Å². The average molecular weight is 452 g/mol. The third-order valence-electron chi connectivity index (χ3n) is 5.22. The Bertz CT molecular complexity index is 1360. The maximum Gasteiger partial charge on any atom is 0.286 e. The number of imide groups is 1. The van der Waals surface area contributed by atoms with Gasteiger partial charge in [0.05, 0.1) is 5.25 Å². The van der Waals surface area contributed by atoms with Gasteiger partial charge in [-0.3, -0.25) is 14.9 Å². The van der Waals surface area contributed by atoms with Crippen molar-refractivity contribution in [1.29, 1.82) is 0 Å². The van der Waals surface area contributed by atoms with Crippen molar-refractivity contribution in [1.82, 2.24) is 10.3 Å². The Labute approximate surface area is 185 Å². The van der Waals surface area contributed by atoms with Crippen LogP contribution in [-0.2, 0) is 11.2 Å². The summed E-state index contributed by atoms with van der Waals surface area (Å²) in [5.41, 5.74) is 2.18. The largest absolute Gasteiger partial charge is 0.458 e. The number of aliphatic hydroxyl groups is 1. The number of nitrogens with zero attached hydrogens (tertiary/aromatic N) is 1. The molecule has 2 N–H and O–H groups in total. The van der Waals surface area contributed by atoms with Crippen molar-refractivity contribution in [2.45, 2.75) is 24.7 Å². The first-order valence-corrected chi connectivity index (χ1v) is 10.7. The van der Waals surface area contributed by atoms with E-state index in [4.69, 9.17) is 8.83 Å². The van der Waals surface area contributed by atoms with Crippen molar-refractivity contribution in [3.8, 4) is 11.5 Å². The quantitative estimate of drug-likeness (QED) is 0.459. The number of aryl methyl sites for hydroxylation is 1. The van der Waals surface area contributed by atoms with Crippen LogP contribution in [0.4, 0.5) is 9.18 Å². The molecule has 0 bridgehead atoms. The van der Waals surface area contributed by atoms with Gasteiger partial charge in [0.15, 0.2) is 6.10 Å². The van der Waals surface area contributed by atoms with E-state index in [9.17, 15) is 19.1 Å². The molecule has 5 rings (SSSR count). The van der Waals surface area contributed by atoms with Crippen LogP contribution in [0.25, 0.3) is 22.4 Å². The lowest BCUT2D eigenvalue weighted by molar-refractivity contribution is -0.118. The SMILES string of the molecule is Cc1oc(-c2cccc(F)c2)nc1C(O)c1cc2cc(CC3SC(=O)NC3=O)ccc2o1. The molecule has 1 fully saturated rings. The van der Waals surface area contributed by atoms with E-state index >= 15 is 0 Å². The first-order valence-electron chi connectivity index (χ1n) is 9.82. The minimum atomic E-state index is -1.18. The van der Waals surface area contributed by atoms with Crippen LogP contribution in [-0.4, -0.2) is 26.5 Å². The average Bonchev–Trinajstić information content (AvgIpc) is 3.44. The summed E-state index contributed by atoms with van der Waals surface area (Å²) >= 11 is 0.979. The summed E-state index contributed by atoms with van der Waals surface area (Å²) in [6.07, 6.45) is -0.772. The number of oxazole rings is 1. The fourth-order valence-corrected chi connectivity index (χ4v) is 4.52. The van der Waals surface area contributed by atoms with Crippen LogP contribution in [0.2, 0.25) is 0 Å². The molecule has 1 aliphatic heterocycles. The van der Waals surface area contributed by atoms with Crippen molar-refractivity contribution in [3.05, 3.63) is 77.1 Å². The number of thioether (sulfide) groups is 1. The van der Waals surface area contributed by atoms with Crippen LogP contribution in [0.5, 0.6) is 0 Å². The van der Waals surface area contributed by atoms with Gasteiger partial charge in [0, 0.05) is 10.9 Å². The third-order valence-corrected chi connectivity index (χ3v) is 6.20. The molecule has 9 heteroatoms. The molecule has 0 aliphatic carbocycles. The van der Waals surface area contributed by atoms with Crippen LogP contribution in [0.15, 0.2) is 57.4 Å². The molecule has 162 valence electrons. The van der Waals surface area contributed by atoms with Crippen molar-refractivity contribution in [3.63, 3.8) is 0 Å². The molecule has 32 heavy (non-hydrogen) atoms. The predicted octanol–water partition coefficient (Wildman–Crippen LogP) is 4.51. The number of aromatic nitrogens is 1. The molecule has 2 amide bonds. The van der Waals surface area contributed by atoms with Crippen LogP contribution in [0, 0.1) is 12.7 Å². The van der Waals surface area contributed by atoms with E-state index in [0.29, 0.717) is 23.3 Å². The van der Waals surface area contributed by atoms with E-state index < -0.39 is 17.2 Å². The van der Waals surface area contributed by atoms with Crippen molar-refractivity contribution in [2.75, 3.05) is 0 Å². The molecule has 0 saturated carbocycles. The number of furan rings is 1. The molecule has 1 aliphatic rings. The molecular formula is C23H17FN2O5S. The number of benzene rings is 2. The van der Waals surface area contributed by atoms with Crippen LogP contribution >= 0.6 is 11.8 Å². The van der Waals surface area contributed by atoms with Gasteiger partial charge >= 0.3 is 0 Å². The Balaban J connectivity index is 1.41. The highest BCUT2D eigenvalue weighted by atomic mass is 32.2. The molecule has 0 radical (unpaired) electrons. The summed E-state index contributed by atoms with van der Waals surface area (Å²) in [7, 11) is 0. The van der Waals surface area contributed by atoms with E-state index in [2.05, 4.69) is 10.3 Å². The number of halogens is 1. The van der Waals surface area contributed by atoms with E-state index in [1.54, 1.807) is 31.2 Å². The summed E-state index contributed by atoms with van der Waals surface area (Å²) in [6, 6.07) is 13.0. The first kappa shape index (κ1) is 20.5. The fourth-order valence-electron chi connectivity index (χ4n) is 3.66. The summed E-state index contributed by atoms with van der Waals surface area (Å²) in [5.74, 6) is 0.177. The summed E-state index contributed by atoms with van der Waals surface area (Å²) in [6.45, 7) is 1.67. The number of amides is 2. The number of carbonyl (C=O) groups excluding carboxylic acids is 2. The van der Waals surface area contributed by atoms with E-state index in [0.717, 1.165) is 22.7 Å². The third kappa shape index (κ3) is 3.80. The zero-order valence-corrected chi connectivity index (χ0v) is 17.6. The molecule has 2 aromatic heterocycles. The summed E-state index contributed by atoms with van der Waals surface area (Å²) in [5, 5.41) is 13.1. The van der Waals surface area contributed by atoms with Gasteiger partial charge in [-0.15, -0.1) is 0 Å². The lowest BCUT2D eigenvalue weighted by Gasteiger charge is -2.04. The minimum Gasteiger partial charge on any atom is -0.458 e. The second-order valence-corrected chi connectivity index (χ2v) is 8.66. The molecule has 2 unspecified atom stereocenters. The number of nitrogens with one attached hydrogen (secondary N) is 1. The highest BCUT2D eigenvalue weighted by Gasteiger charge is 2.31. The van der Waals surface area contributed by atoms with Gasteiger partial charge in [-0.05, 0) is 55.3 Å². The Morgan fingerprint density at radius 3 is 2.78 bits per heavy atom. The second kappa shape index (κ2) is 7.92. The van der Waals surface area contributed by atoms with Crippen LogP contribution in [0.3, 0.4) is 0 Å². The lowest BCUT2D eigenvalue weighted by atomic mass is 10.1. The molecule has 2 atom stereocenters. The number of carbonyl (C=O) groups is 2. The van der Waals surface area contributed by atoms with Crippen molar-refractivity contribution < 1.29 is 27.9 Å². The van der Waals surface area contributed by atoms with Gasteiger partial charge in [-0.1, -0.05) is 23.9 Å². The highest BCUT2D eigenvalue weighted by Crippen LogP contribution is 2.33. The van der Waals surface area contributed by atoms with Gasteiger partial charge in [0.25, 0.3) is 5.24 Å². The highest BCUT2D eigenvalue weighted by molar-refractivity contribution is 8.15. The molecule has 3 heterocycles. The van der Waals surface area contributed by atoms with Gasteiger partial charge in [-0.2, -0.15) is 0 Å². The Morgan fingerprint density at radius 2 is 2.03 bits per heavy atom. The zero-order valence-electron chi connectivity index (χ0n) is 16.8. The number of aliphatic hydroxyl groups excluding tert-OH is 1. The summed E-state index contributed by atoms with van der Waals surface area (Å²) < 4.78 is 25.0. The normalized spacial score (nSPS) is 17.2. The second-order valence-electron chi connectivity index (χ2n) is 7.48. The zero-order chi connectivity index (χ0) is 22.4. The monoisotopic (exact) mass is 452 g/mol. The van der Waals surface area contributed by atoms with Crippen molar-refractivity contribution >= 4 is 33.9 Å². The number of hydrogen-bond donors (Lipinski definition) is 2.